The van der Waals surface area contributed by atoms with Crippen LogP contribution in [0.1, 0.15) is 42.1 Å². The van der Waals surface area contributed by atoms with E-state index in [-0.39, 0.29) is 5.91 Å². The van der Waals surface area contributed by atoms with Gasteiger partial charge in [0.2, 0.25) is 0 Å². The summed E-state index contributed by atoms with van der Waals surface area (Å²) in [4.78, 5) is 17.2. The molecule has 2 aromatic carbocycles. The minimum atomic E-state index is -0.261. The van der Waals surface area contributed by atoms with Crippen LogP contribution in [-0.2, 0) is 0 Å². The van der Waals surface area contributed by atoms with Crippen LogP contribution in [0.5, 0.6) is 11.5 Å². The average molecular weight is 419 g/mol. The molecule has 0 unspecified atom stereocenters. The number of nitrogens with one attached hydrogen (secondary N) is 1. The number of halogens is 1. The Balaban J connectivity index is 1.83. The highest BCUT2D eigenvalue weighted by atomic mass is 35.5. The third-order valence-electron chi connectivity index (χ3n) is 4.07. The number of nitrogens with zero attached hydrogens (tertiary/aromatic N) is 1. The minimum absolute atomic E-state index is 0.261. The van der Waals surface area contributed by atoms with Crippen molar-refractivity contribution >= 4 is 44.7 Å². The summed E-state index contributed by atoms with van der Waals surface area (Å²) in [5.74, 6) is 0.698. The number of thiazole rings is 1. The van der Waals surface area contributed by atoms with Crippen LogP contribution < -0.4 is 14.8 Å². The van der Waals surface area contributed by atoms with Gasteiger partial charge in [-0.15, -0.1) is 11.3 Å². The van der Waals surface area contributed by atoms with Crippen LogP contribution in [0.4, 0.5) is 5.69 Å². The van der Waals surface area contributed by atoms with Gasteiger partial charge in [0.15, 0.2) is 11.5 Å². The molecule has 1 aromatic heterocycles. The summed E-state index contributed by atoms with van der Waals surface area (Å²) in [7, 11) is 0. The number of hydrogen-bond acceptors (Lipinski definition) is 5. The summed E-state index contributed by atoms with van der Waals surface area (Å²) >= 11 is 7.98. The Morgan fingerprint density at radius 3 is 2.79 bits per heavy atom. The van der Waals surface area contributed by atoms with Gasteiger partial charge in [-0.2, -0.15) is 0 Å². The van der Waals surface area contributed by atoms with Gasteiger partial charge in [-0.1, -0.05) is 24.9 Å². The fourth-order valence-electron chi connectivity index (χ4n) is 2.74. The van der Waals surface area contributed by atoms with Crippen LogP contribution in [0.25, 0.3) is 10.2 Å². The molecule has 3 rings (SSSR count). The fraction of sp³-hybridized carbons (Fsp3) is 0.333. The van der Waals surface area contributed by atoms with E-state index in [9.17, 15) is 4.79 Å². The number of ether oxygens (including phenoxy) is 2. The van der Waals surface area contributed by atoms with Crippen molar-refractivity contribution in [1.29, 1.82) is 0 Å². The first-order valence-electron chi connectivity index (χ1n) is 9.29. The third-order valence-corrected chi connectivity index (χ3v) is 5.28. The third kappa shape index (κ3) is 4.75. The standard InChI is InChI=1S/C21H23ClN2O3S/c1-4-6-9-27-20-16(22)10-14(11-18(20)26-5-2)21(25)24-15-7-8-17-19(12-15)28-13(3)23-17/h7-8,10-12H,4-6,9H2,1-3H3,(H,24,25). The zero-order valence-electron chi connectivity index (χ0n) is 16.2. The van der Waals surface area contributed by atoms with Gasteiger partial charge < -0.3 is 14.8 Å². The van der Waals surface area contributed by atoms with Crippen molar-refractivity contribution < 1.29 is 14.3 Å². The van der Waals surface area contributed by atoms with Crippen LogP contribution in [0.2, 0.25) is 5.02 Å². The van der Waals surface area contributed by atoms with Crippen molar-refractivity contribution in [1.82, 2.24) is 4.98 Å². The van der Waals surface area contributed by atoms with E-state index in [0.29, 0.717) is 41.0 Å². The molecule has 0 radical (unpaired) electrons. The highest BCUT2D eigenvalue weighted by Crippen LogP contribution is 2.37. The number of benzene rings is 2. The van der Waals surface area contributed by atoms with Crippen molar-refractivity contribution in [2.75, 3.05) is 18.5 Å². The second-order valence-corrected chi connectivity index (χ2v) is 7.93. The molecule has 1 N–H and O–H groups in total. The SMILES string of the molecule is CCCCOc1c(Cl)cc(C(=O)Nc2ccc3nc(C)sc3c2)cc1OCC. The molecule has 28 heavy (non-hydrogen) atoms. The number of unbranched alkanes of at least 4 members (excludes halogenated alkanes) is 1. The molecule has 0 aliphatic rings. The van der Waals surface area contributed by atoms with Gasteiger partial charge in [-0.05, 0) is 50.6 Å². The maximum absolute atomic E-state index is 12.8. The second-order valence-electron chi connectivity index (χ2n) is 6.29. The molecule has 7 heteroatoms. The average Bonchev–Trinajstić information content (AvgIpc) is 3.03. The first-order valence-corrected chi connectivity index (χ1v) is 10.5. The molecule has 148 valence electrons. The number of anilines is 1. The Labute approximate surface area is 173 Å². The van der Waals surface area contributed by atoms with Crippen molar-refractivity contribution in [2.24, 2.45) is 0 Å². The number of aryl methyl sites for hydroxylation is 1. The van der Waals surface area contributed by atoms with Crippen molar-refractivity contribution in [3.63, 3.8) is 0 Å². The van der Waals surface area contributed by atoms with Crippen molar-refractivity contribution in [3.05, 3.63) is 45.9 Å². The zero-order valence-corrected chi connectivity index (χ0v) is 17.7. The molecule has 0 saturated heterocycles. The number of carbonyl (C=O) groups is 1. The summed E-state index contributed by atoms with van der Waals surface area (Å²) in [6.45, 7) is 6.93. The number of aromatic nitrogens is 1. The topological polar surface area (TPSA) is 60.5 Å². The smallest absolute Gasteiger partial charge is 0.255 e. The van der Waals surface area contributed by atoms with Gasteiger partial charge in [0.1, 0.15) is 0 Å². The first-order chi connectivity index (χ1) is 13.5. The number of fused-ring (bicyclic) bond motifs is 1. The molecule has 1 heterocycles. The molecule has 0 fully saturated rings. The van der Waals surface area contributed by atoms with E-state index in [4.69, 9.17) is 21.1 Å². The molecule has 5 nitrogen and oxygen atoms in total. The van der Waals surface area contributed by atoms with E-state index in [1.54, 1.807) is 23.5 Å². The van der Waals surface area contributed by atoms with Crippen molar-refractivity contribution in [2.45, 2.75) is 33.6 Å². The normalized spacial score (nSPS) is 10.9. The molecule has 1 amide bonds. The lowest BCUT2D eigenvalue weighted by molar-refractivity contribution is 0.102. The molecule has 0 aliphatic carbocycles. The maximum atomic E-state index is 12.8. The van der Waals surface area contributed by atoms with Gasteiger partial charge in [0.25, 0.3) is 5.91 Å². The van der Waals surface area contributed by atoms with E-state index in [2.05, 4.69) is 17.2 Å². The monoisotopic (exact) mass is 418 g/mol. The Kier molecular flexibility index (Phi) is 6.75. The Bertz CT molecular complexity index is 987. The van der Waals surface area contributed by atoms with Gasteiger partial charge >= 0.3 is 0 Å². The van der Waals surface area contributed by atoms with E-state index >= 15 is 0 Å². The molecule has 0 saturated carbocycles. The van der Waals surface area contributed by atoms with Crippen LogP contribution in [0.15, 0.2) is 30.3 Å². The highest BCUT2D eigenvalue weighted by molar-refractivity contribution is 7.18. The van der Waals surface area contributed by atoms with Gasteiger partial charge in [0, 0.05) is 11.3 Å². The molecular formula is C21H23ClN2O3S. The second kappa shape index (κ2) is 9.26. The minimum Gasteiger partial charge on any atom is -0.490 e. The quantitative estimate of drug-likeness (QED) is 0.450. The zero-order chi connectivity index (χ0) is 20.1. The predicted molar refractivity (Wildman–Crippen MR) is 115 cm³/mol. The lowest BCUT2D eigenvalue weighted by Crippen LogP contribution is -2.12. The van der Waals surface area contributed by atoms with Crippen LogP contribution >= 0.6 is 22.9 Å². The largest absolute Gasteiger partial charge is 0.490 e. The summed E-state index contributed by atoms with van der Waals surface area (Å²) in [5, 5.41) is 4.27. The van der Waals surface area contributed by atoms with Crippen LogP contribution in [0, 0.1) is 6.92 Å². The van der Waals surface area contributed by atoms with Gasteiger partial charge in [0.05, 0.1) is 33.5 Å². The molecule has 0 spiro atoms. The Morgan fingerprint density at radius 1 is 1.21 bits per heavy atom. The highest BCUT2D eigenvalue weighted by Gasteiger charge is 2.17. The number of hydrogen-bond donors (Lipinski definition) is 1. The number of amides is 1. The van der Waals surface area contributed by atoms with Gasteiger partial charge in [-0.25, -0.2) is 4.98 Å². The summed E-state index contributed by atoms with van der Waals surface area (Å²) < 4.78 is 12.5. The predicted octanol–water partition coefficient (Wildman–Crippen LogP) is 6.09. The van der Waals surface area contributed by atoms with Crippen LogP contribution in [-0.4, -0.2) is 24.1 Å². The van der Waals surface area contributed by atoms with E-state index < -0.39 is 0 Å². The lowest BCUT2D eigenvalue weighted by Gasteiger charge is -2.15. The maximum Gasteiger partial charge on any atom is 0.255 e. The van der Waals surface area contributed by atoms with E-state index in [1.807, 2.05) is 32.0 Å². The summed E-state index contributed by atoms with van der Waals surface area (Å²) in [6, 6.07) is 8.94. The summed E-state index contributed by atoms with van der Waals surface area (Å²) in [5.41, 5.74) is 2.05. The number of carbonyl (C=O) groups excluding carboxylic acids is 1. The molecular weight excluding hydrogens is 396 g/mol. The van der Waals surface area contributed by atoms with Crippen molar-refractivity contribution in [3.8, 4) is 11.5 Å². The Hall–Kier alpha value is -2.31. The summed E-state index contributed by atoms with van der Waals surface area (Å²) in [6.07, 6.45) is 1.94. The Morgan fingerprint density at radius 2 is 2.04 bits per heavy atom. The molecule has 0 aliphatic heterocycles. The molecule has 0 bridgehead atoms. The molecule has 0 atom stereocenters. The molecule has 3 aromatic rings. The van der Waals surface area contributed by atoms with Crippen LogP contribution in [0.3, 0.4) is 0 Å². The number of rotatable bonds is 8. The fourth-order valence-corrected chi connectivity index (χ4v) is 3.87. The lowest BCUT2D eigenvalue weighted by atomic mass is 10.1. The first kappa shape index (κ1) is 20.4. The van der Waals surface area contributed by atoms with Gasteiger partial charge in [-0.3, -0.25) is 4.79 Å². The van der Waals surface area contributed by atoms with E-state index in [1.165, 1.54) is 0 Å². The van der Waals surface area contributed by atoms with E-state index in [0.717, 1.165) is 28.1 Å².